The van der Waals surface area contributed by atoms with Gasteiger partial charge in [-0.1, -0.05) is 6.07 Å². The zero-order valence-corrected chi connectivity index (χ0v) is 14.8. The Kier molecular flexibility index (Phi) is 5.77. The third-order valence-electron chi connectivity index (χ3n) is 3.89. The van der Waals surface area contributed by atoms with Crippen LogP contribution in [0.3, 0.4) is 0 Å². The lowest BCUT2D eigenvalue weighted by Crippen LogP contribution is -2.37. The molecule has 0 radical (unpaired) electrons. The Morgan fingerprint density at radius 2 is 2.12 bits per heavy atom. The number of guanidine groups is 1. The molecule has 0 fully saturated rings. The second-order valence-electron chi connectivity index (χ2n) is 5.94. The van der Waals surface area contributed by atoms with Gasteiger partial charge in [0.1, 0.15) is 0 Å². The van der Waals surface area contributed by atoms with Gasteiger partial charge >= 0.3 is 0 Å². The fourth-order valence-electron chi connectivity index (χ4n) is 2.65. The van der Waals surface area contributed by atoms with Crippen LogP contribution in [0.5, 0.6) is 11.5 Å². The number of aromatic nitrogens is 2. The number of rotatable bonds is 7. The van der Waals surface area contributed by atoms with Crippen molar-refractivity contribution in [2.45, 2.75) is 26.3 Å². The van der Waals surface area contributed by atoms with Gasteiger partial charge in [-0.15, -0.1) is 0 Å². The number of nitrogens with one attached hydrogen (secondary N) is 2. The first-order chi connectivity index (χ1) is 12.2. The van der Waals surface area contributed by atoms with E-state index in [9.17, 15) is 0 Å². The van der Waals surface area contributed by atoms with Crippen LogP contribution in [-0.2, 0) is 20.0 Å². The number of hydrogen-bond donors (Lipinski definition) is 2. The molecule has 0 atom stereocenters. The smallest absolute Gasteiger partial charge is 0.231 e. The summed E-state index contributed by atoms with van der Waals surface area (Å²) in [5.74, 6) is 2.42. The van der Waals surface area contributed by atoms with Crippen molar-refractivity contribution in [2.24, 2.45) is 12.0 Å². The van der Waals surface area contributed by atoms with Gasteiger partial charge in [0, 0.05) is 26.3 Å². The molecule has 0 aliphatic carbocycles. The molecule has 2 heterocycles. The van der Waals surface area contributed by atoms with Crippen molar-refractivity contribution in [3.63, 3.8) is 0 Å². The molecule has 0 bridgehead atoms. The lowest BCUT2D eigenvalue weighted by atomic mass is 10.2. The van der Waals surface area contributed by atoms with Crippen molar-refractivity contribution in [3.05, 3.63) is 41.7 Å². The monoisotopic (exact) mass is 343 g/mol. The Labute approximate surface area is 148 Å². The van der Waals surface area contributed by atoms with Gasteiger partial charge in [-0.25, -0.2) is 4.99 Å². The number of aliphatic imine (C=N–C) groups is 1. The van der Waals surface area contributed by atoms with Crippen LogP contribution < -0.4 is 20.1 Å². The summed E-state index contributed by atoms with van der Waals surface area (Å²) in [5.41, 5.74) is 2.35. The van der Waals surface area contributed by atoms with Gasteiger partial charge in [-0.05, 0) is 43.0 Å². The van der Waals surface area contributed by atoms with Gasteiger partial charge in [0.05, 0.1) is 12.7 Å². The molecule has 134 valence electrons. The highest BCUT2D eigenvalue weighted by Gasteiger charge is 2.12. The van der Waals surface area contributed by atoms with Crippen LogP contribution in [0.15, 0.2) is 35.6 Å². The van der Waals surface area contributed by atoms with Crippen LogP contribution in [0.2, 0.25) is 0 Å². The van der Waals surface area contributed by atoms with Crippen LogP contribution in [0.25, 0.3) is 0 Å². The van der Waals surface area contributed by atoms with Crippen LogP contribution in [0.1, 0.15) is 24.5 Å². The Bertz CT molecular complexity index is 726. The molecule has 7 nitrogen and oxygen atoms in total. The highest BCUT2D eigenvalue weighted by atomic mass is 16.7. The highest BCUT2D eigenvalue weighted by molar-refractivity contribution is 5.79. The van der Waals surface area contributed by atoms with E-state index in [0.29, 0.717) is 13.3 Å². The van der Waals surface area contributed by atoms with Crippen molar-refractivity contribution >= 4 is 5.96 Å². The van der Waals surface area contributed by atoms with Crippen LogP contribution in [0, 0.1) is 0 Å². The third-order valence-corrected chi connectivity index (χ3v) is 3.89. The summed E-state index contributed by atoms with van der Waals surface area (Å²) < 4.78 is 12.6. The molecule has 3 rings (SSSR count). The second-order valence-corrected chi connectivity index (χ2v) is 5.94. The van der Waals surface area contributed by atoms with Gasteiger partial charge in [0.2, 0.25) is 6.79 Å². The average Bonchev–Trinajstić information content (AvgIpc) is 3.24. The average molecular weight is 343 g/mol. The molecule has 2 N–H and O–H groups in total. The van der Waals surface area contributed by atoms with E-state index in [-0.39, 0.29) is 0 Å². The topological polar surface area (TPSA) is 72.7 Å². The molecule has 1 aliphatic heterocycles. The predicted molar refractivity (Wildman–Crippen MR) is 96.9 cm³/mol. The van der Waals surface area contributed by atoms with E-state index in [2.05, 4.69) is 33.8 Å². The summed E-state index contributed by atoms with van der Waals surface area (Å²) >= 11 is 0. The number of fused-ring (bicyclic) bond motifs is 1. The molecule has 1 aliphatic rings. The van der Waals surface area contributed by atoms with E-state index in [1.807, 2.05) is 36.1 Å². The summed E-state index contributed by atoms with van der Waals surface area (Å²) in [6, 6.07) is 5.93. The SMILES string of the molecule is CCNC(=NCc1ccc2c(c1)OCO2)NCCCc1cnn(C)c1. The standard InChI is InChI=1S/C18H25N5O2/c1-3-19-18(20-8-4-5-15-11-22-23(2)12-15)21-10-14-6-7-16-17(9-14)25-13-24-16/h6-7,9,11-12H,3-5,8,10,13H2,1-2H3,(H2,19,20,21). The van der Waals surface area contributed by atoms with Crippen LogP contribution >= 0.6 is 0 Å². The van der Waals surface area contributed by atoms with Gasteiger partial charge in [-0.3, -0.25) is 4.68 Å². The Morgan fingerprint density at radius 1 is 1.24 bits per heavy atom. The molecule has 1 aromatic carbocycles. The number of nitrogens with zero attached hydrogens (tertiary/aromatic N) is 3. The number of benzene rings is 1. The normalized spacial score (nSPS) is 13.1. The molecule has 0 unspecified atom stereocenters. The summed E-state index contributed by atoms with van der Waals surface area (Å²) in [4.78, 5) is 4.64. The van der Waals surface area contributed by atoms with Crippen molar-refractivity contribution in [2.75, 3.05) is 19.9 Å². The van der Waals surface area contributed by atoms with E-state index in [4.69, 9.17) is 9.47 Å². The van der Waals surface area contributed by atoms with E-state index < -0.39 is 0 Å². The third kappa shape index (κ3) is 4.89. The zero-order chi connectivity index (χ0) is 17.5. The van der Waals surface area contributed by atoms with E-state index in [1.54, 1.807) is 0 Å². The van der Waals surface area contributed by atoms with E-state index in [1.165, 1.54) is 5.56 Å². The summed E-state index contributed by atoms with van der Waals surface area (Å²) in [6.45, 7) is 4.64. The fraction of sp³-hybridized carbons (Fsp3) is 0.444. The first-order valence-electron chi connectivity index (χ1n) is 8.63. The fourth-order valence-corrected chi connectivity index (χ4v) is 2.65. The van der Waals surface area contributed by atoms with E-state index in [0.717, 1.165) is 49.0 Å². The van der Waals surface area contributed by atoms with Crippen molar-refractivity contribution < 1.29 is 9.47 Å². The van der Waals surface area contributed by atoms with Gasteiger partial charge in [-0.2, -0.15) is 5.10 Å². The predicted octanol–water partition coefficient (Wildman–Crippen LogP) is 1.84. The minimum atomic E-state index is 0.295. The molecule has 0 spiro atoms. The Balaban J connectivity index is 1.48. The molecule has 0 saturated carbocycles. The summed E-state index contributed by atoms with van der Waals surface area (Å²) in [6.07, 6.45) is 6.00. The zero-order valence-electron chi connectivity index (χ0n) is 14.8. The quantitative estimate of drug-likeness (QED) is 0.456. The molecular formula is C18H25N5O2. The number of hydrogen-bond acceptors (Lipinski definition) is 4. The van der Waals surface area contributed by atoms with Crippen molar-refractivity contribution in [3.8, 4) is 11.5 Å². The lowest BCUT2D eigenvalue weighted by Gasteiger charge is -2.11. The molecule has 0 amide bonds. The lowest BCUT2D eigenvalue weighted by molar-refractivity contribution is 0.174. The molecule has 25 heavy (non-hydrogen) atoms. The molecule has 0 saturated heterocycles. The maximum atomic E-state index is 5.41. The highest BCUT2D eigenvalue weighted by Crippen LogP contribution is 2.32. The van der Waals surface area contributed by atoms with Gasteiger partial charge < -0.3 is 20.1 Å². The molecular weight excluding hydrogens is 318 g/mol. The minimum Gasteiger partial charge on any atom is -0.454 e. The largest absolute Gasteiger partial charge is 0.454 e. The molecule has 7 heteroatoms. The second kappa shape index (κ2) is 8.41. The minimum absolute atomic E-state index is 0.295. The summed E-state index contributed by atoms with van der Waals surface area (Å²) in [7, 11) is 1.94. The van der Waals surface area contributed by atoms with E-state index >= 15 is 0 Å². The van der Waals surface area contributed by atoms with Crippen molar-refractivity contribution in [1.82, 2.24) is 20.4 Å². The van der Waals surface area contributed by atoms with Crippen LogP contribution in [0.4, 0.5) is 0 Å². The van der Waals surface area contributed by atoms with Gasteiger partial charge in [0.25, 0.3) is 0 Å². The Hall–Kier alpha value is -2.70. The first-order valence-corrected chi connectivity index (χ1v) is 8.63. The molecule has 1 aromatic heterocycles. The number of ether oxygens (including phenoxy) is 2. The Morgan fingerprint density at radius 3 is 2.92 bits per heavy atom. The first kappa shape index (κ1) is 17.1. The number of aryl methyl sites for hydroxylation is 2. The maximum absolute atomic E-state index is 5.41. The maximum Gasteiger partial charge on any atom is 0.231 e. The molecule has 2 aromatic rings. The summed E-state index contributed by atoms with van der Waals surface area (Å²) in [5, 5.41) is 10.8. The van der Waals surface area contributed by atoms with Gasteiger partial charge in [0.15, 0.2) is 17.5 Å². The van der Waals surface area contributed by atoms with Crippen LogP contribution in [-0.4, -0.2) is 35.6 Å². The van der Waals surface area contributed by atoms with Crippen molar-refractivity contribution in [1.29, 1.82) is 0 Å².